The molecule has 0 saturated carbocycles. The first kappa shape index (κ1) is 9.51. The first-order valence-corrected chi connectivity index (χ1v) is 4.36. The van der Waals surface area contributed by atoms with Crippen molar-refractivity contribution in [2.75, 3.05) is 5.32 Å². The van der Waals surface area contributed by atoms with Crippen molar-refractivity contribution in [1.29, 1.82) is 0 Å². The highest BCUT2D eigenvalue weighted by atomic mass is 19.1. The normalized spacial score (nSPS) is 10.0. The van der Waals surface area contributed by atoms with Gasteiger partial charge in [0.15, 0.2) is 0 Å². The molecule has 0 bridgehead atoms. The molecule has 0 saturated heterocycles. The van der Waals surface area contributed by atoms with E-state index >= 15 is 0 Å². The second-order valence-corrected chi connectivity index (χ2v) is 2.97. The summed E-state index contributed by atoms with van der Waals surface area (Å²) in [6.07, 6.45) is 1.32. The van der Waals surface area contributed by atoms with Crippen LogP contribution in [0.3, 0.4) is 0 Å². The highest BCUT2D eigenvalue weighted by molar-refractivity contribution is 5.57. The third-order valence-corrected chi connectivity index (χ3v) is 1.89. The maximum absolute atomic E-state index is 12.6. The lowest BCUT2D eigenvalue weighted by atomic mass is 10.2. The predicted molar refractivity (Wildman–Crippen MR) is 53.1 cm³/mol. The van der Waals surface area contributed by atoms with Crippen molar-refractivity contribution in [3.8, 4) is 0 Å². The van der Waals surface area contributed by atoms with Crippen LogP contribution >= 0.6 is 0 Å². The van der Waals surface area contributed by atoms with Crippen LogP contribution in [0.5, 0.6) is 0 Å². The van der Waals surface area contributed by atoms with Crippen molar-refractivity contribution < 1.29 is 4.39 Å². The SMILES string of the molecule is Cc1ccccc1Nc1n[c]nc(F)n1. The number of benzene rings is 1. The zero-order valence-electron chi connectivity index (χ0n) is 8.03. The molecule has 0 aliphatic heterocycles. The lowest BCUT2D eigenvalue weighted by Crippen LogP contribution is -2.01. The minimum atomic E-state index is -0.846. The maximum Gasteiger partial charge on any atom is 0.314 e. The highest BCUT2D eigenvalue weighted by Gasteiger charge is 2.01. The van der Waals surface area contributed by atoms with Crippen molar-refractivity contribution in [2.45, 2.75) is 6.92 Å². The molecule has 5 heteroatoms. The summed E-state index contributed by atoms with van der Waals surface area (Å²) in [5, 5.41) is 2.88. The molecule has 0 fully saturated rings. The van der Waals surface area contributed by atoms with Crippen LogP contribution < -0.4 is 5.32 Å². The van der Waals surface area contributed by atoms with Gasteiger partial charge in [-0.25, -0.2) is 0 Å². The molecule has 4 nitrogen and oxygen atoms in total. The molecule has 2 rings (SSSR count). The van der Waals surface area contributed by atoms with Crippen LogP contribution in [0.1, 0.15) is 5.56 Å². The van der Waals surface area contributed by atoms with E-state index < -0.39 is 6.08 Å². The number of nitrogens with one attached hydrogen (secondary N) is 1. The Kier molecular flexibility index (Phi) is 2.53. The second kappa shape index (κ2) is 4.00. The summed E-state index contributed by atoms with van der Waals surface area (Å²) in [6.45, 7) is 1.93. The van der Waals surface area contributed by atoms with Gasteiger partial charge in [-0.05, 0) is 18.6 Å². The summed E-state index contributed by atoms with van der Waals surface area (Å²) in [6, 6.07) is 7.58. The van der Waals surface area contributed by atoms with Gasteiger partial charge in [-0.3, -0.25) is 0 Å². The zero-order chi connectivity index (χ0) is 10.7. The average Bonchev–Trinajstić information content (AvgIpc) is 2.22. The number of para-hydroxylation sites is 1. The van der Waals surface area contributed by atoms with E-state index in [1.54, 1.807) is 0 Å². The first-order chi connectivity index (χ1) is 7.25. The summed E-state index contributed by atoms with van der Waals surface area (Å²) in [5.74, 6) is 0.150. The largest absolute Gasteiger partial charge is 0.324 e. The fourth-order valence-corrected chi connectivity index (χ4v) is 1.14. The van der Waals surface area contributed by atoms with Crippen LogP contribution in [0, 0.1) is 19.3 Å². The number of hydrogen-bond acceptors (Lipinski definition) is 4. The van der Waals surface area contributed by atoms with Crippen molar-refractivity contribution >= 4 is 11.6 Å². The van der Waals surface area contributed by atoms with Crippen molar-refractivity contribution in [1.82, 2.24) is 15.0 Å². The van der Waals surface area contributed by atoms with E-state index in [0.717, 1.165) is 11.3 Å². The molecule has 0 aliphatic carbocycles. The Hall–Kier alpha value is -2.04. The molecule has 1 radical (unpaired) electrons. The van der Waals surface area contributed by atoms with E-state index in [1.165, 1.54) is 0 Å². The summed E-state index contributed by atoms with van der Waals surface area (Å²) in [7, 11) is 0. The van der Waals surface area contributed by atoms with Crippen molar-refractivity contribution in [2.24, 2.45) is 0 Å². The van der Waals surface area contributed by atoms with Crippen LogP contribution in [0.25, 0.3) is 0 Å². The van der Waals surface area contributed by atoms with Gasteiger partial charge < -0.3 is 5.32 Å². The van der Waals surface area contributed by atoms with Crippen LogP contribution in [-0.4, -0.2) is 15.0 Å². The van der Waals surface area contributed by atoms with E-state index in [-0.39, 0.29) is 5.95 Å². The van der Waals surface area contributed by atoms with E-state index in [1.807, 2.05) is 31.2 Å². The second-order valence-electron chi connectivity index (χ2n) is 2.97. The van der Waals surface area contributed by atoms with Gasteiger partial charge in [0.1, 0.15) is 0 Å². The van der Waals surface area contributed by atoms with Gasteiger partial charge in [-0.15, -0.1) is 0 Å². The molecule has 1 heterocycles. The van der Waals surface area contributed by atoms with Gasteiger partial charge in [-0.1, -0.05) is 18.2 Å². The molecule has 1 N–H and O–H groups in total. The molecule has 0 unspecified atom stereocenters. The van der Waals surface area contributed by atoms with Gasteiger partial charge in [0.05, 0.1) is 0 Å². The van der Waals surface area contributed by atoms with Crippen LogP contribution in [0.2, 0.25) is 0 Å². The summed E-state index contributed by atoms with van der Waals surface area (Å²) in [5.41, 5.74) is 1.86. The number of rotatable bonds is 2. The van der Waals surface area contributed by atoms with Gasteiger partial charge in [0.25, 0.3) is 0 Å². The summed E-state index contributed by atoms with van der Waals surface area (Å²) < 4.78 is 12.6. The number of nitrogens with zero attached hydrogens (tertiary/aromatic N) is 3. The third-order valence-electron chi connectivity index (χ3n) is 1.89. The number of anilines is 2. The minimum absolute atomic E-state index is 0.150. The number of aryl methyl sites for hydroxylation is 1. The fourth-order valence-electron chi connectivity index (χ4n) is 1.14. The lowest BCUT2D eigenvalue weighted by Gasteiger charge is -2.06. The minimum Gasteiger partial charge on any atom is -0.324 e. The van der Waals surface area contributed by atoms with Crippen LogP contribution in [0.4, 0.5) is 16.0 Å². The Morgan fingerprint density at radius 2 is 2.07 bits per heavy atom. The van der Waals surface area contributed by atoms with Crippen LogP contribution in [0.15, 0.2) is 24.3 Å². The molecule has 0 amide bonds. The Morgan fingerprint density at radius 1 is 1.27 bits per heavy atom. The highest BCUT2D eigenvalue weighted by Crippen LogP contribution is 2.16. The smallest absolute Gasteiger partial charge is 0.314 e. The molecule has 0 spiro atoms. The van der Waals surface area contributed by atoms with Crippen molar-refractivity contribution in [3.05, 3.63) is 42.2 Å². The first-order valence-electron chi connectivity index (χ1n) is 4.36. The molecular formula is C10H8FN4. The summed E-state index contributed by atoms with van der Waals surface area (Å²) >= 11 is 0. The summed E-state index contributed by atoms with van der Waals surface area (Å²) in [4.78, 5) is 10.3. The molecule has 15 heavy (non-hydrogen) atoms. The standard InChI is InChI=1S/C10H8FN4/c1-7-4-2-3-5-8(7)14-10-13-6-12-9(11)15-10/h2-5H,1H3,(H,12,13,14,15). The Balaban J connectivity index is 2.26. The zero-order valence-corrected chi connectivity index (χ0v) is 8.03. The number of hydrogen-bond donors (Lipinski definition) is 1. The third kappa shape index (κ3) is 2.25. The molecule has 1 aromatic heterocycles. The molecule has 1 aromatic carbocycles. The predicted octanol–water partition coefficient (Wildman–Crippen LogP) is 1.86. The average molecular weight is 203 g/mol. The van der Waals surface area contributed by atoms with Gasteiger partial charge in [0, 0.05) is 5.69 Å². The van der Waals surface area contributed by atoms with E-state index in [0.29, 0.717) is 0 Å². The molecule has 0 atom stereocenters. The Morgan fingerprint density at radius 3 is 2.80 bits per heavy atom. The van der Waals surface area contributed by atoms with Gasteiger partial charge in [-0.2, -0.15) is 19.3 Å². The number of aromatic nitrogens is 3. The van der Waals surface area contributed by atoms with Crippen molar-refractivity contribution in [3.63, 3.8) is 0 Å². The fraction of sp³-hybridized carbons (Fsp3) is 0.100. The maximum atomic E-state index is 12.6. The lowest BCUT2D eigenvalue weighted by molar-refractivity contribution is 0.533. The quantitative estimate of drug-likeness (QED) is 0.809. The molecule has 75 valence electrons. The van der Waals surface area contributed by atoms with E-state index in [4.69, 9.17) is 0 Å². The van der Waals surface area contributed by atoms with Gasteiger partial charge >= 0.3 is 6.08 Å². The van der Waals surface area contributed by atoms with E-state index in [2.05, 4.69) is 26.6 Å². The van der Waals surface area contributed by atoms with Crippen LogP contribution in [-0.2, 0) is 0 Å². The topological polar surface area (TPSA) is 50.7 Å². The Bertz CT molecular complexity index is 472. The van der Waals surface area contributed by atoms with E-state index in [9.17, 15) is 4.39 Å². The molecule has 2 aromatic rings. The number of halogens is 1. The Labute approximate surface area is 86.2 Å². The van der Waals surface area contributed by atoms with Gasteiger partial charge in [0.2, 0.25) is 12.3 Å². The molecule has 0 aliphatic rings. The monoisotopic (exact) mass is 203 g/mol. The molecular weight excluding hydrogens is 195 g/mol.